The molecule has 5 heteroatoms. The second-order valence-electron chi connectivity index (χ2n) is 6.33. The van der Waals surface area contributed by atoms with E-state index in [0.29, 0.717) is 12.0 Å². The molecular formula is C17H21ClN2O2. The van der Waals surface area contributed by atoms with Gasteiger partial charge in [-0.1, -0.05) is 0 Å². The van der Waals surface area contributed by atoms with E-state index in [9.17, 15) is 4.79 Å². The third kappa shape index (κ3) is 2.73. The van der Waals surface area contributed by atoms with Crippen molar-refractivity contribution in [2.75, 3.05) is 19.6 Å². The fourth-order valence-corrected chi connectivity index (χ4v) is 3.70. The maximum Gasteiger partial charge on any atom is 0.251 e. The van der Waals surface area contributed by atoms with Crippen LogP contribution in [0.15, 0.2) is 28.7 Å². The topological polar surface area (TPSA) is 45.5 Å². The molecular weight excluding hydrogens is 300 g/mol. The summed E-state index contributed by atoms with van der Waals surface area (Å²) >= 11 is 0. The smallest absolute Gasteiger partial charge is 0.251 e. The van der Waals surface area contributed by atoms with Gasteiger partial charge in [-0.2, -0.15) is 0 Å². The van der Waals surface area contributed by atoms with E-state index in [2.05, 4.69) is 10.2 Å². The van der Waals surface area contributed by atoms with E-state index in [1.807, 2.05) is 31.2 Å². The van der Waals surface area contributed by atoms with Crippen molar-refractivity contribution < 1.29 is 9.21 Å². The molecule has 1 N–H and O–H groups in total. The molecule has 2 aromatic rings. The number of nitrogens with one attached hydrogen (secondary N) is 1. The molecule has 0 radical (unpaired) electrons. The van der Waals surface area contributed by atoms with Crippen LogP contribution in [0.5, 0.6) is 0 Å². The van der Waals surface area contributed by atoms with E-state index in [1.54, 1.807) is 0 Å². The van der Waals surface area contributed by atoms with Crippen molar-refractivity contribution in [3.05, 3.63) is 35.6 Å². The van der Waals surface area contributed by atoms with Gasteiger partial charge in [-0.25, -0.2) is 0 Å². The molecule has 3 saturated heterocycles. The predicted octanol–water partition coefficient (Wildman–Crippen LogP) is 2.99. The van der Waals surface area contributed by atoms with Crippen LogP contribution in [0.2, 0.25) is 0 Å². The van der Waals surface area contributed by atoms with Gasteiger partial charge < -0.3 is 14.6 Å². The van der Waals surface area contributed by atoms with Crippen LogP contribution in [-0.2, 0) is 0 Å². The van der Waals surface area contributed by atoms with Gasteiger partial charge in [0.15, 0.2) is 0 Å². The first-order valence-corrected chi connectivity index (χ1v) is 7.72. The molecule has 1 aromatic heterocycles. The van der Waals surface area contributed by atoms with Gasteiger partial charge in [-0.15, -0.1) is 12.4 Å². The molecule has 0 unspecified atom stereocenters. The number of aryl methyl sites for hydroxylation is 1. The molecule has 0 saturated carbocycles. The summed E-state index contributed by atoms with van der Waals surface area (Å²) in [6.07, 6.45) is 2.43. The number of carbonyl (C=O) groups excluding carboxylic acids is 1. The van der Waals surface area contributed by atoms with Crippen molar-refractivity contribution in [3.63, 3.8) is 0 Å². The molecule has 5 rings (SSSR count). The summed E-state index contributed by atoms with van der Waals surface area (Å²) in [6, 6.07) is 7.93. The molecule has 2 bridgehead atoms. The van der Waals surface area contributed by atoms with Gasteiger partial charge in [-0.3, -0.25) is 4.79 Å². The number of carbonyl (C=O) groups is 1. The van der Waals surface area contributed by atoms with Crippen LogP contribution in [0, 0.1) is 12.8 Å². The summed E-state index contributed by atoms with van der Waals surface area (Å²) in [5.74, 6) is 1.56. The highest BCUT2D eigenvalue weighted by molar-refractivity contribution is 5.98. The molecule has 1 atom stereocenters. The highest BCUT2D eigenvalue weighted by Crippen LogP contribution is 2.28. The molecule has 4 heterocycles. The van der Waals surface area contributed by atoms with E-state index in [-0.39, 0.29) is 18.3 Å². The zero-order chi connectivity index (χ0) is 14.4. The van der Waals surface area contributed by atoms with E-state index < -0.39 is 0 Å². The van der Waals surface area contributed by atoms with Crippen LogP contribution in [0.1, 0.15) is 29.0 Å². The van der Waals surface area contributed by atoms with Crippen LogP contribution >= 0.6 is 12.4 Å². The second kappa shape index (κ2) is 5.94. The molecule has 3 aliphatic rings. The summed E-state index contributed by atoms with van der Waals surface area (Å²) in [5.41, 5.74) is 1.56. The van der Waals surface area contributed by atoms with E-state index in [0.717, 1.165) is 28.8 Å². The lowest BCUT2D eigenvalue weighted by Gasteiger charge is -2.44. The number of fused-ring (bicyclic) bond motifs is 4. The van der Waals surface area contributed by atoms with Crippen LogP contribution in [-0.4, -0.2) is 36.5 Å². The second-order valence-corrected chi connectivity index (χ2v) is 6.33. The molecule has 1 aromatic carbocycles. The molecule has 0 spiro atoms. The Morgan fingerprint density at radius 2 is 2.05 bits per heavy atom. The predicted molar refractivity (Wildman–Crippen MR) is 88.6 cm³/mol. The lowest BCUT2D eigenvalue weighted by molar-refractivity contribution is 0.0620. The quantitative estimate of drug-likeness (QED) is 0.925. The average molecular weight is 321 g/mol. The third-order valence-electron chi connectivity index (χ3n) is 4.87. The maximum absolute atomic E-state index is 12.5. The average Bonchev–Trinajstić information content (AvgIpc) is 2.87. The Balaban J connectivity index is 0.00000144. The summed E-state index contributed by atoms with van der Waals surface area (Å²) in [7, 11) is 0. The summed E-state index contributed by atoms with van der Waals surface area (Å²) < 4.78 is 5.55. The highest BCUT2D eigenvalue weighted by Gasteiger charge is 2.34. The number of benzene rings is 1. The Kier molecular flexibility index (Phi) is 4.15. The molecule has 22 heavy (non-hydrogen) atoms. The Hall–Kier alpha value is -1.52. The normalized spacial score (nSPS) is 26.7. The number of rotatable bonds is 2. The van der Waals surface area contributed by atoms with Gasteiger partial charge in [0.25, 0.3) is 5.91 Å². The Bertz CT molecular complexity index is 689. The molecule has 0 aliphatic carbocycles. The SMILES string of the molecule is Cc1cc2cc(C(=O)N[C@H]3CN4CCC3CC4)ccc2o1.Cl. The third-order valence-corrected chi connectivity index (χ3v) is 4.87. The van der Waals surface area contributed by atoms with Gasteiger partial charge >= 0.3 is 0 Å². The lowest BCUT2D eigenvalue weighted by atomic mass is 9.84. The van der Waals surface area contributed by atoms with Crippen LogP contribution in [0.3, 0.4) is 0 Å². The number of nitrogens with zero attached hydrogens (tertiary/aromatic N) is 1. The molecule has 3 aliphatic heterocycles. The fraction of sp³-hybridized carbons (Fsp3) is 0.471. The van der Waals surface area contributed by atoms with Crippen LogP contribution < -0.4 is 5.32 Å². The Morgan fingerprint density at radius 3 is 2.73 bits per heavy atom. The number of piperidine rings is 3. The van der Waals surface area contributed by atoms with Gasteiger partial charge in [0.1, 0.15) is 11.3 Å². The summed E-state index contributed by atoms with van der Waals surface area (Å²) in [4.78, 5) is 14.9. The number of hydrogen-bond acceptors (Lipinski definition) is 3. The van der Waals surface area contributed by atoms with Crippen molar-refractivity contribution >= 4 is 29.3 Å². The largest absolute Gasteiger partial charge is 0.461 e. The van der Waals surface area contributed by atoms with Gasteiger partial charge in [0, 0.05) is 23.5 Å². The van der Waals surface area contributed by atoms with E-state index >= 15 is 0 Å². The number of hydrogen-bond donors (Lipinski definition) is 1. The minimum Gasteiger partial charge on any atom is -0.461 e. The van der Waals surface area contributed by atoms with Crippen molar-refractivity contribution in [1.82, 2.24) is 10.2 Å². The lowest BCUT2D eigenvalue weighted by Crippen LogP contribution is -2.57. The van der Waals surface area contributed by atoms with Gasteiger partial charge in [0.05, 0.1) is 0 Å². The first-order chi connectivity index (χ1) is 10.2. The number of halogens is 1. The van der Waals surface area contributed by atoms with E-state index in [4.69, 9.17) is 4.42 Å². The van der Waals surface area contributed by atoms with Crippen LogP contribution in [0.25, 0.3) is 11.0 Å². The summed E-state index contributed by atoms with van der Waals surface area (Å²) in [6.45, 7) is 5.31. The minimum absolute atomic E-state index is 0. The first kappa shape index (κ1) is 15.4. The van der Waals surface area contributed by atoms with Gasteiger partial charge in [-0.05, 0) is 63.0 Å². The Labute approximate surface area is 136 Å². The minimum atomic E-state index is 0. The molecule has 118 valence electrons. The number of amides is 1. The molecule has 3 fully saturated rings. The van der Waals surface area contributed by atoms with Crippen molar-refractivity contribution in [3.8, 4) is 0 Å². The molecule has 4 nitrogen and oxygen atoms in total. The zero-order valence-corrected chi connectivity index (χ0v) is 13.5. The molecule has 1 amide bonds. The van der Waals surface area contributed by atoms with Crippen molar-refractivity contribution in [2.45, 2.75) is 25.8 Å². The summed E-state index contributed by atoms with van der Waals surface area (Å²) in [5, 5.41) is 4.22. The fourth-order valence-electron chi connectivity index (χ4n) is 3.70. The monoisotopic (exact) mass is 320 g/mol. The van der Waals surface area contributed by atoms with Crippen molar-refractivity contribution in [1.29, 1.82) is 0 Å². The standard InChI is InChI=1S/C17H20N2O2.ClH/c1-11-8-14-9-13(2-3-16(14)21-11)17(20)18-15-10-19-6-4-12(15)5-7-19;/h2-3,8-9,12,15H,4-7,10H2,1H3,(H,18,20);1H/t15-;/m0./s1. The van der Waals surface area contributed by atoms with E-state index in [1.165, 1.54) is 25.9 Å². The van der Waals surface area contributed by atoms with Crippen molar-refractivity contribution in [2.24, 2.45) is 5.92 Å². The first-order valence-electron chi connectivity index (χ1n) is 7.72. The zero-order valence-electron chi connectivity index (χ0n) is 12.7. The Morgan fingerprint density at radius 1 is 1.27 bits per heavy atom. The maximum atomic E-state index is 12.5. The number of furan rings is 1. The van der Waals surface area contributed by atoms with Crippen LogP contribution in [0.4, 0.5) is 0 Å². The van der Waals surface area contributed by atoms with Gasteiger partial charge in [0.2, 0.25) is 0 Å². The highest BCUT2D eigenvalue weighted by atomic mass is 35.5.